The minimum absolute atomic E-state index is 0.216. The molecule has 1 atom stereocenters. The summed E-state index contributed by atoms with van der Waals surface area (Å²) in [5.74, 6) is 0.0732. The van der Waals surface area contributed by atoms with Gasteiger partial charge in [0.15, 0.2) is 6.10 Å². The van der Waals surface area contributed by atoms with Crippen molar-refractivity contribution >= 4 is 29.3 Å². The van der Waals surface area contributed by atoms with Crippen LogP contribution in [0, 0.1) is 0 Å². The van der Waals surface area contributed by atoms with Gasteiger partial charge in [-0.2, -0.15) is 5.10 Å². The van der Waals surface area contributed by atoms with Crippen molar-refractivity contribution in [1.29, 1.82) is 0 Å². The Hall–Kier alpha value is -3.87. The summed E-state index contributed by atoms with van der Waals surface area (Å²) in [6.45, 7) is 1.68. The third-order valence-corrected chi connectivity index (χ3v) is 4.23. The molecule has 3 aromatic rings. The Labute approximate surface area is 161 Å². The maximum absolute atomic E-state index is 12.2. The largest absolute Gasteiger partial charge is 0.479 e. The molecule has 0 saturated heterocycles. The zero-order valence-corrected chi connectivity index (χ0v) is 15.1. The van der Waals surface area contributed by atoms with Gasteiger partial charge in [0.05, 0.1) is 17.6 Å². The number of aromatic nitrogens is 2. The second-order valence-electron chi connectivity index (χ2n) is 6.34. The molecule has 28 heavy (non-hydrogen) atoms. The second-order valence-corrected chi connectivity index (χ2v) is 6.34. The molecule has 0 bridgehead atoms. The first-order valence-corrected chi connectivity index (χ1v) is 8.79. The number of fused-ring (bicyclic) bond motifs is 1. The molecule has 0 fully saturated rings. The Balaban J connectivity index is 1.42. The predicted molar refractivity (Wildman–Crippen MR) is 106 cm³/mol. The van der Waals surface area contributed by atoms with Crippen molar-refractivity contribution in [2.45, 2.75) is 13.0 Å². The quantitative estimate of drug-likeness (QED) is 0.687. The minimum Gasteiger partial charge on any atom is -0.479 e. The monoisotopic (exact) mass is 374 g/mol. The van der Waals surface area contributed by atoms with Gasteiger partial charge in [-0.3, -0.25) is 9.59 Å². The summed E-state index contributed by atoms with van der Waals surface area (Å²) < 4.78 is 7.24. The van der Waals surface area contributed by atoms with Gasteiger partial charge >= 0.3 is 0 Å². The molecule has 0 radical (unpaired) electrons. The highest BCUT2D eigenvalue weighted by Crippen LogP contribution is 2.32. The number of anilines is 2. The number of para-hydroxylation sites is 1. The summed E-state index contributed by atoms with van der Waals surface area (Å²) in [7, 11) is 0. The van der Waals surface area contributed by atoms with Gasteiger partial charge in [-0.15, -0.1) is 0 Å². The van der Waals surface area contributed by atoms with Gasteiger partial charge in [0, 0.05) is 23.5 Å². The minimum atomic E-state index is -0.535. The molecule has 0 aliphatic carbocycles. The Morgan fingerprint density at radius 2 is 2.07 bits per heavy atom. The van der Waals surface area contributed by atoms with Gasteiger partial charge in [0.25, 0.3) is 5.91 Å². The average Bonchev–Trinajstić information content (AvgIpc) is 3.17. The third kappa shape index (κ3) is 3.78. The lowest BCUT2D eigenvalue weighted by molar-refractivity contribution is -0.122. The summed E-state index contributed by atoms with van der Waals surface area (Å²) in [6.07, 6.45) is 6.11. The highest BCUT2D eigenvalue weighted by Gasteiger charge is 2.23. The molecule has 7 nitrogen and oxygen atoms in total. The van der Waals surface area contributed by atoms with Crippen LogP contribution in [-0.4, -0.2) is 27.7 Å². The molecule has 1 unspecified atom stereocenters. The zero-order chi connectivity index (χ0) is 19.5. The SMILES string of the molecule is CC1Oc2ccc(NC(=O)/C=C/c3cnn(-c4ccccc4)c3)cc2NC1=O. The molecule has 2 N–H and O–H groups in total. The Morgan fingerprint density at radius 3 is 2.89 bits per heavy atom. The fraction of sp³-hybridized carbons (Fsp3) is 0.0952. The molecule has 0 saturated carbocycles. The van der Waals surface area contributed by atoms with Crippen LogP contribution in [0.25, 0.3) is 11.8 Å². The van der Waals surface area contributed by atoms with E-state index in [4.69, 9.17) is 4.74 Å². The van der Waals surface area contributed by atoms with Crippen LogP contribution < -0.4 is 15.4 Å². The van der Waals surface area contributed by atoms with E-state index in [1.807, 2.05) is 36.5 Å². The molecule has 2 aromatic carbocycles. The van der Waals surface area contributed by atoms with Crippen molar-refractivity contribution in [2.24, 2.45) is 0 Å². The fourth-order valence-corrected chi connectivity index (χ4v) is 2.79. The summed E-state index contributed by atoms with van der Waals surface area (Å²) in [6, 6.07) is 14.8. The number of rotatable bonds is 4. The number of carbonyl (C=O) groups excluding carboxylic acids is 2. The number of hydrogen-bond acceptors (Lipinski definition) is 4. The molecule has 140 valence electrons. The number of benzene rings is 2. The van der Waals surface area contributed by atoms with E-state index in [2.05, 4.69) is 15.7 Å². The molecular weight excluding hydrogens is 356 g/mol. The maximum atomic E-state index is 12.2. The second kappa shape index (κ2) is 7.40. The standard InChI is InChI=1S/C21H18N4O3/c1-14-21(27)24-18-11-16(8-9-19(18)28-14)23-20(26)10-7-15-12-22-25(13-15)17-5-3-2-4-6-17/h2-14H,1H3,(H,23,26)(H,24,27)/b10-7+. The molecule has 2 heterocycles. The Kier molecular flexibility index (Phi) is 4.63. The predicted octanol–water partition coefficient (Wildman–Crippen LogP) is 3.24. The summed E-state index contributed by atoms with van der Waals surface area (Å²) in [5, 5.41) is 9.81. The van der Waals surface area contributed by atoms with Crippen LogP contribution in [0.1, 0.15) is 12.5 Å². The Morgan fingerprint density at radius 1 is 1.25 bits per heavy atom. The van der Waals surface area contributed by atoms with Crippen molar-refractivity contribution in [1.82, 2.24) is 9.78 Å². The van der Waals surface area contributed by atoms with E-state index in [1.165, 1.54) is 6.08 Å². The lowest BCUT2D eigenvalue weighted by Gasteiger charge is -2.23. The number of nitrogens with one attached hydrogen (secondary N) is 2. The van der Waals surface area contributed by atoms with E-state index >= 15 is 0 Å². The summed E-state index contributed by atoms with van der Waals surface area (Å²) >= 11 is 0. The topological polar surface area (TPSA) is 85.2 Å². The smallest absolute Gasteiger partial charge is 0.265 e. The molecular formula is C21H18N4O3. The Bertz CT molecular complexity index is 1060. The van der Waals surface area contributed by atoms with E-state index in [0.29, 0.717) is 17.1 Å². The van der Waals surface area contributed by atoms with Gasteiger partial charge in [-0.25, -0.2) is 4.68 Å². The normalized spacial score (nSPS) is 15.6. The first kappa shape index (κ1) is 17.5. The highest BCUT2D eigenvalue weighted by molar-refractivity contribution is 6.03. The highest BCUT2D eigenvalue weighted by atomic mass is 16.5. The van der Waals surface area contributed by atoms with Gasteiger partial charge in [0.1, 0.15) is 5.75 Å². The lowest BCUT2D eigenvalue weighted by atomic mass is 10.2. The number of nitrogens with zero attached hydrogens (tertiary/aromatic N) is 2. The first-order valence-electron chi connectivity index (χ1n) is 8.79. The van der Waals surface area contributed by atoms with Crippen LogP contribution in [0.4, 0.5) is 11.4 Å². The molecule has 1 aliphatic heterocycles. The molecule has 0 spiro atoms. The van der Waals surface area contributed by atoms with E-state index in [1.54, 1.807) is 42.1 Å². The van der Waals surface area contributed by atoms with Crippen LogP contribution >= 0.6 is 0 Å². The van der Waals surface area contributed by atoms with Gasteiger partial charge in [0.2, 0.25) is 5.91 Å². The maximum Gasteiger partial charge on any atom is 0.265 e. The van der Waals surface area contributed by atoms with E-state index in [-0.39, 0.29) is 11.8 Å². The van der Waals surface area contributed by atoms with Gasteiger partial charge < -0.3 is 15.4 Å². The van der Waals surface area contributed by atoms with E-state index in [9.17, 15) is 9.59 Å². The van der Waals surface area contributed by atoms with Crippen LogP contribution in [0.5, 0.6) is 5.75 Å². The number of hydrogen-bond donors (Lipinski definition) is 2. The van der Waals surface area contributed by atoms with E-state index < -0.39 is 6.10 Å². The summed E-state index contributed by atoms with van der Waals surface area (Å²) in [5.41, 5.74) is 2.85. The van der Waals surface area contributed by atoms with Crippen molar-refractivity contribution in [3.05, 3.63) is 72.6 Å². The molecule has 1 aromatic heterocycles. The average molecular weight is 374 g/mol. The van der Waals surface area contributed by atoms with Crippen LogP contribution in [-0.2, 0) is 9.59 Å². The molecule has 2 amide bonds. The van der Waals surface area contributed by atoms with Crippen molar-refractivity contribution in [3.63, 3.8) is 0 Å². The molecule has 7 heteroatoms. The van der Waals surface area contributed by atoms with Gasteiger partial charge in [-0.05, 0) is 43.3 Å². The fourth-order valence-electron chi connectivity index (χ4n) is 2.79. The van der Waals surface area contributed by atoms with E-state index in [0.717, 1.165) is 11.3 Å². The zero-order valence-electron chi connectivity index (χ0n) is 15.1. The number of ether oxygens (including phenoxy) is 1. The van der Waals surface area contributed by atoms with Crippen LogP contribution in [0.15, 0.2) is 67.0 Å². The van der Waals surface area contributed by atoms with Crippen molar-refractivity contribution in [2.75, 3.05) is 10.6 Å². The number of amides is 2. The van der Waals surface area contributed by atoms with Crippen LogP contribution in [0.3, 0.4) is 0 Å². The van der Waals surface area contributed by atoms with Gasteiger partial charge in [-0.1, -0.05) is 18.2 Å². The van der Waals surface area contributed by atoms with Crippen molar-refractivity contribution < 1.29 is 14.3 Å². The van der Waals surface area contributed by atoms with Crippen LogP contribution in [0.2, 0.25) is 0 Å². The molecule has 1 aliphatic rings. The summed E-state index contributed by atoms with van der Waals surface area (Å²) in [4.78, 5) is 23.9. The third-order valence-electron chi connectivity index (χ3n) is 4.23. The first-order chi connectivity index (χ1) is 13.6. The van der Waals surface area contributed by atoms with Crippen molar-refractivity contribution in [3.8, 4) is 11.4 Å². The number of carbonyl (C=O) groups is 2. The molecule has 4 rings (SSSR count). The lowest BCUT2D eigenvalue weighted by Crippen LogP contribution is -2.34.